The number of fused-ring (bicyclic) bond motifs is 2. The van der Waals surface area contributed by atoms with Crippen molar-refractivity contribution in [1.82, 2.24) is 5.32 Å². The molecule has 1 heterocycles. The second-order valence-corrected chi connectivity index (χ2v) is 5.08. The summed E-state index contributed by atoms with van der Waals surface area (Å²) in [5.41, 5.74) is 3.49. The predicted molar refractivity (Wildman–Crippen MR) is 65.1 cm³/mol. The second kappa shape index (κ2) is 3.77. The third-order valence-corrected chi connectivity index (χ3v) is 4.23. The van der Waals surface area contributed by atoms with E-state index in [2.05, 4.69) is 23.5 Å². The molecular weight excluding hydrogens is 198 g/mol. The number of benzene rings is 1. The van der Waals surface area contributed by atoms with Crippen molar-refractivity contribution < 1.29 is 4.74 Å². The fraction of sp³-hybridized carbons (Fsp3) is 0.571. The molecule has 0 radical (unpaired) electrons. The third-order valence-electron chi connectivity index (χ3n) is 4.23. The summed E-state index contributed by atoms with van der Waals surface area (Å²) in [7, 11) is 1.75. The maximum absolute atomic E-state index is 5.36. The summed E-state index contributed by atoms with van der Waals surface area (Å²) < 4.78 is 5.36. The Labute approximate surface area is 97.0 Å². The molecule has 0 saturated carbocycles. The molecule has 1 fully saturated rings. The first-order chi connectivity index (χ1) is 7.84. The lowest BCUT2D eigenvalue weighted by Crippen LogP contribution is -2.33. The minimum Gasteiger partial charge on any atom is -0.497 e. The Morgan fingerprint density at radius 3 is 3.00 bits per heavy atom. The van der Waals surface area contributed by atoms with Crippen LogP contribution in [0, 0.1) is 0 Å². The maximum atomic E-state index is 5.36. The van der Waals surface area contributed by atoms with Gasteiger partial charge >= 0.3 is 0 Å². The molecule has 2 nitrogen and oxygen atoms in total. The van der Waals surface area contributed by atoms with Crippen LogP contribution in [-0.2, 0) is 11.8 Å². The van der Waals surface area contributed by atoms with Gasteiger partial charge in [-0.1, -0.05) is 6.07 Å². The Hall–Kier alpha value is -1.02. The van der Waals surface area contributed by atoms with Gasteiger partial charge in [0.1, 0.15) is 5.75 Å². The van der Waals surface area contributed by atoms with Gasteiger partial charge in [0.15, 0.2) is 0 Å². The topological polar surface area (TPSA) is 21.3 Å². The van der Waals surface area contributed by atoms with E-state index in [1.165, 1.54) is 31.2 Å². The van der Waals surface area contributed by atoms with E-state index in [1.807, 2.05) is 0 Å². The summed E-state index contributed by atoms with van der Waals surface area (Å²) in [5.74, 6) is 1.01. The molecule has 1 aromatic carbocycles. The highest BCUT2D eigenvalue weighted by Gasteiger charge is 2.39. The summed E-state index contributed by atoms with van der Waals surface area (Å²) in [6, 6.07) is 6.62. The molecule has 0 amide bonds. The third kappa shape index (κ3) is 1.44. The molecule has 3 rings (SSSR count). The van der Waals surface area contributed by atoms with Gasteiger partial charge in [-0.25, -0.2) is 0 Å². The molecule has 1 aliphatic heterocycles. The first kappa shape index (κ1) is 10.2. The number of hydrogen-bond acceptors (Lipinski definition) is 2. The zero-order valence-corrected chi connectivity index (χ0v) is 9.88. The van der Waals surface area contributed by atoms with Gasteiger partial charge in [0.05, 0.1) is 7.11 Å². The van der Waals surface area contributed by atoms with Crippen molar-refractivity contribution in [2.75, 3.05) is 20.2 Å². The first-order valence-corrected chi connectivity index (χ1v) is 6.22. The van der Waals surface area contributed by atoms with Gasteiger partial charge in [-0.05, 0) is 55.5 Å². The molecule has 0 aromatic heterocycles. The van der Waals surface area contributed by atoms with Crippen LogP contribution in [0.25, 0.3) is 0 Å². The van der Waals surface area contributed by atoms with Crippen molar-refractivity contribution in [3.63, 3.8) is 0 Å². The lowest BCUT2D eigenvalue weighted by molar-refractivity contribution is 0.382. The van der Waals surface area contributed by atoms with Crippen molar-refractivity contribution in [3.05, 3.63) is 29.3 Å². The molecule has 0 bridgehead atoms. The average Bonchev–Trinajstić information content (AvgIpc) is 2.79. The molecule has 1 spiro atoms. The Morgan fingerprint density at radius 1 is 1.31 bits per heavy atom. The Balaban J connectivity index is 2.08. The molecule has 1 aliphatic carbocycles. The van der Waals surface area contributed by atoms with E-state index >= 15 is 0 Å². The van der Waals surface area contributed by atoms with Crippen LogP contribution >= 0.6 is 0 Å². The quantitative estimate of drug-likeness (QED) is 0.779. The average molecular weight is 217 g/mol. The van der Waals surface area contributed by atoms with Gasteiger partial charge in [0, 0.05) is 12.0 Å². The molecule has 1 aromatic rings. The van der Waals surface area contributed by atoms with Gasteiger partial charge in [0.2, 0.25) is 0 Å². The summed E-state index contributed by atoms with van der Waals surface area (Å²) in [4.78, 5) is 0. The van der Waals surface area contributed by atoms with Gasteiger partial charge in [-0.3, -0.25) is 0 Å². The van der Waals surface area contributed by atoms with Crippen molar-refractivity contribution in [1.29, 1.82) is 0 Å². The van der Waals surface area contributed by atoms with E-state index < -0.39 is 0 Å². The lowest BCUT2D eigenvalue weighted by Gasteiger charge is -2.35. The Morgan fingerprint density at radius 2 is 2.25 bits per heavy atom. The highest BCUT2D eigenvalue weighted by molar-refractivity contribution is 5.43. The lowest BCUT2D eigenvalue weighted by atomic mass is 9.69. The van der Waals surface area contributed by atoms with E-state index in [1.54, 1.807) is 12.7 Å². The van der Waals surface area contributed by atoms with Gasteiger partial charge in [-0.2, -0.15) is 0 Å². The zero-order valence-electron chi connectivity index (χ0n) is 9.88. The first-order valence-electron chi connectivity index (χ1n) is 6.22. The van der Waals surface area contributed by atoms with E-state index in [-0.39, 0.29) is 0 Å². The maximum Gasteiger partial charge on any atom is 0.119 e. The van der Waals surface area contributed by atoms with Gasteiger partial charge in [0.25, 0.3) is 0 Å². The summed E-state index contributed by atoms with van der Waals surface area (Å²) in [5, 5.41) is 3.52. The summed E-state index contributed by atoms with van der Waals surface area (Å²) >= 11 is 0. The molecule has 1 N–H and O–H groups in total. The van der Waals surface area contributed by atoms with E-state index in [9.17, 15) is 0 Å². The van der Waals surface area contributed by atoms with Crippen molar-refractivity contribution in [2.24, 2.45) is 0 Å². The van der Waals surface area contributed by atoms with Crippen LogP contribution < -0.4 is 10.1 Å². The normalized spacial score (nSPS) is 28.1. The minimum atomic E-state index is 0.405. The van der Waals surface area contributed by atoms with Crippen LogP contribution in [0.5, 0.6) is 5.75 Å². The van der Waals surface area contributed by atoms with E-state index in [4.69, 9.17) is 4.74 Å². The molecule has 16 heavy (non-hydrogen) atoms. The summed E-state index contributed by atoms with van der Waals surface area (Å²) in [6.45, 7) is 2.31. The Kier molecular flexibility index (Phi) is 2.40. The number of hydrogen-bond donors (Lipinski definition) is 1. The molecule has 1 saturated heterocycles. The fourth-order valence-electron chi connectivity index (χ4n) is 3.33. The predicted octanol–water partition coefficient (Wildman–Crippen LogP) is 2.26. The van der Waals surface area contributed by atoms with Crippen LogP contribution in [0.2, 0.25) is 0 Å². The van der Waals surface area contributed by atoms with Crippen LogP contribution in [0.1, 0.15) is 30.4 Å². The van der Waals surface area contributed by atoms with Crippen LogP contribution in [0.4, 0.5) is 0 Å². The van der Waals surface area contributed by atoms with E-state index in [0.717, 1.165) is 18.8 Å². The number of rotatable bonds is 1. The van der Waals surface area contributed by atoms with Crippen LogP contribution in [0.15, 0.2) is 18.2 Å². The zero-order chi connectivity index (χ0) is 11.0. The SMILES string of the molecule is COc1ccc2c(c1)[C@@]1(CCC2)CCNC1. The number of methoxy groups -OCH3 is 1. The number of aryl methyl sites for hydroxylation is 1. The monoisotopic (exact) mass is 217 g/mol. The standard InChI is InChI=1S/C14H19NO/c1-16-12-5-4-11-3-2-6-14(13(11)9-12)7-8-15-10-14/h4-5,9,15H,2-3,6-8,10H2,1H3/t14-/m0/s1. The highest BCUT2D eigenvalue weighted by Crippen LogP contribution is 2.42. The van der Waals surface area contributed by atoms with E-state index in [0.29, 0.717) is 5.41 Å². The summed E-state index contributed by atoms with van der Waals surface area (Å²) in [6.07, 6.45) is 5.19. The highest BCUT2D eigenvalue weighted by atomic mass is 16.5. The molecular formula is C14H19NO. The number of ether oxygens (including phenoxy) is 1. The van der Waals surface area contributed by atoms with Crippen LogP contribution in [0.3, 0.4) is 0 Å². The van der Waals surface area contributed by atoms with Crippen LogP contribution in [-0.4, -0.2) is 20.2 Å². The van der Waals surface area contributed by atoms with Crippen molar-refractivity contribution in [2.45, 2.75) is 31.1 Å². The molecule has 2 heteroatoms. The molecule has 86 valence electrons. The minimum absolute atomic E-state index is 0.405. The van der Waals surface area contributed by atoms with Gasteiger partial charge < -0.3 is 10.1 Å². The molecule has 0 unspecified atom stereocenters. The molecule has 2 aliphatic rings. The number of nitrogens with one attached hydrogen (secondary N) is 1. The van der Waals surface area contributed by atoms with Gasteiger partial charge in [-0.15, -0.1) is 0 Å². The fourth-order valence-corrected chi connectivity index (χ4v) is 3.33. The molecule has 1 atom stereocenters. The smallest absolute Gasteiger partial charge is 0.119 e. The van der Waals surface area contributed by atoms with Crippen molar-refractivity contribution >= 4 is 0 Å². The Bertz CT molecular complexity index is 394. The van der Waals surface area contributed by atoms with Crippen molar-refractivity contribution in [3.8, 4) is 5.75 Å². The second-order valence-electron chi connectivity index (χ2n) is 5.08. The largest absolute Gasteiger partial charge is 0.497 e.